The van der Waals surface area contributed by atoms with Crippen LogP contribution in [-0.4, -0.2) is 51.6 Å². The van der Waals surface area contributed by atoms with Gasteiger partial charge in [0.2, 0.25) is 11.1 Å². The minimum Gasteiger partial charge on any atom is -0.381 e. The molecule has 0 radical (unpaired) electrons. The van der Waals surface area contributed by atoms with Crippen LogP contribution in [0.3, 0.4) is 0 Å². The maximum absolute atomic E-state index is 12.1. The number of halogens is 2. The van der Waals surface area contributed by atoms with Crippen molar-refractivity contribution in [3.63, 3.8) is 0 Å². The smallest absolute Gasteiger partial charge is 0.230 e. The second-order valence-corrected chi connectivity index (χ2v) is 7.58. The molecule has 0 bridgehead atoms. The summed E-state index contributed by atoms with van der Waals surface area (Å²) in [7, 11) is 0. The molecule has 0 saturated carbocycles. The van der Waals surface area contributed by atoms with Gasteiger partial charge in [0.05, 0.1) is 21.8 Å². The number of benzene rings is 1. The van der Waals surface area contributed by atoms with Gasteiger partial charge in [0.1, 0.15) is 0 Å². The number of thioether (sulfide) groups is 1. The van der Waals surface area contributed by atoms with E-state index in [4.69, 9.17) is 27.9 Å². The summed E-state index contributed by atoms with van der Waals surface area (Å²) < 4.78 is 7.16. The first kappa shape index (κ1) is 19.4. The van der Waals surface area contributed by atoms with E-state index >= 15 is 0 Å². The number of nitrogens with zero attached hydrogens (tertiary/aromatic N) is 4. The Hall–Kier alpha value is -1.35. The van der Waals surface area contributed by atoms with Gasteiger partial charge in [-0.1, -0.05) is 47.1 Å². The average molecular weight is 416 g/mol. The van der Waals surface area contributed by atoms with E-state index in [2.05, 4.69) is 20.8 Å². The molecule has 1 amide bonds. The third kappa shape index (κ3) is 5.09. The Labute approximate surface area is 165 Å². The first-order chi connectivity index (χ1) is 12.6. The molecule has 0 unspecified atom stereocenters. The number of tetrazole rings is 1. The molecule has 10 heteroatoms. The first-order valence-electron chi connectivity index (χ1n) is 8.33. The standard InChI is InChI=1S/C16H19Cl2N5O2S/c17-13-3-1-2-11(15(13)18)4-7-19-14(24)10-26-16-20-21-22-23(16)12-5-8-25-9-6-12/h1-3,12H,4-10H2,(H,19,24). The summed E-state index contributed by atoms with van der Waals surface area (Å²) in [6, 6.07) is 5.72. The highest BCUT2D eigenvalue weighted by Gasteiger charge is 2.21. The summed E-state index contributed by atoms with van der Waals surface area (Å²) in [6.45, 7) is 1.91. The zero-order valence-electron chi connectivity index (χ0n) is 14.0. The van der Waals surface area contributed by atoms with Gasteiger partial charge in [-0.15, -0.1) is 5.10 Å². The van der Waals surface area contributed by atoms with E-state index in [9.17, 15) is 4.79 Å². The molecule has 1 aliphatic heterocycles. The van der Waals surface area contributed by atoms with Crippen molar-refractivity contribution in [3.05, 3.63) is 33.8 Å². The average Bonchev–Trinajstić information content (AvgIpc) is 3.13. The Morgan fingerprint density at radius 2 is 2.15 bits per heavy atom. The Morgan fingerprint density at radius 3 is 2.96 bits per heavy atom. The molecule has 1 N–H and O–H groups in total. The van der Waals surface area contributed by atoms with Crippen LogP contribution in [0.2, 0.25) is 10.0 Å². The number of rotatable bonds is 7. The third-order valence-electron chi connectivity index (χ3n) is 4.08. The second kappa shape index (κ2) is 9.55. The predicted molar refractivity (Wildman–Crippen MR) is 101 cm³/mol. The summed E-state index contributed by atoms with van der Waals surface area (Å²) >= 11 is 13.5. The second-order valence-electron chi connectivity index (χ2n) is 5.85. The van der Waals surface area contributed by atoms with Crippen LogP contribution in [0.1, 0.15) is 24.4 Å². The first-order valence-corrected chi connectivity index (χ1v) is 10.1. The summed E-state index contributed by atoms with van der Waals surface area (Å²) in [4.78, 5) is 12.1. The van der Waals surface area contributed by atoms with Crippen molar-refractivity contribution in [2.45, 2.75) is 30.5 Å². The topological polar surface area (TPSA) is 81.9 Å². The molecule has 1 aromatic heterocycles. The lowest BCUT2D eigenvalue weighted by Gasteiger charge is -2.22. The number of hydrogen-bond donors (Lipinski definition) is 1. The van der Waals surface area contributed by atoms with Gasteiger partial charge in [-0.2, -0.15) is 0 Å². The van der Waals surface area contributed by atoms with E-state index < -0.39 is 0 Å². The highest BCUT2D eigenvalue weighted by molar-refractivity contribution is 7.99. The molecular weight excluding hydrogens is 397 g/mol. The Morgan fingerprint density at radius 1 is 1.35 bits per heavy atom. The molecular formula is C16H19Cl2N5O2S. The van der Waals surface area contributed by atoms with Gasteiger partial charge >= 0.3 is 0 Å². The van der Waals surface area contributed by atoms with E-state index in [1.54, 1.807) is 10.7 Å². The molecule has 1 saturated heterocycles. The minimum atomic E-state index is -0.0744. The molecule has 0 spiro atoms. The Balaban J connectivity index is 1.44. The molecule has 2 heterocycles. The molecule has 1 fully saturated rings. The highest BCUT2D eigenvalue weighted by atomic mass is 35.5. The van der Waals surface area contributed by atoms with E-state index in [0.717, 1.165) is 18.4 Å². The summed E-state index contributed by atoms with van der Waals surface area (Å²) in [5.41, 5.74) is 0.913. The zero-order chi connectivity index (χ0) is 18.4. The maximum atomic E-state index is 12.1. The normalized spacial score (nSPS) is 15.2. The minimum absolute atomic E-state index is 0.0744. The molecule has 3 rings (SSSR count). The number of aromatic nitrogens is 4. The molecule has 0 aliphatic carbocycles. The van der Waals surface area contributed by atoms with Crippen molar-refractivity contribution in [1.29, 1.82) is 0 Å². The van der Waals surface area contributed by atoms with Gasteiger partial charge < -0.3 is 10.1 Å². The van der Waals surface area contributed by atoms with Crippen LogP contribution in [0.15, 0.2) is 23.4 Å². The molecule has 26 heavy (non-hydrogen) atoms. The van der Waals surface area contributed by atoms with Gasteiger partial charge in [0.25, 0.3) is 0 Å². The Bertz CT molecular complexity index is 752. The highest BCUT2D eigenvalue weighted by Crippen LogP contribution is 2.26. The van der Waals surface area contributed by atoms with E-state index in [0.29, 0.717) is 41.4 Å². The lowest BCUT2D eigenvalue weighted by atomic mass is 10.1. The van der Waals surface area contributed by atoms with E-state index in [1.165, 1.54) is 11.8 Å². The Kier molecular flexibility index (Phi) is 7.13. The summed E-state index contributed by atoms with van der Waals surface area (Å²) in [5.74, 6) is 0.182. The van der Waals surface area contributed by atoms with Gasteiger partial charge in [0, 0.05) is 19.8 Å². The number of ether oxygens (including phenoxy) is 1. The lowest BCUT2D eigenvalue weighted by molar-refractivity contribution is -0.118. The number of hydrogen-bond acceptors (Lipinski definition) is 6. The fourth-order valence-electron chi connectivity index (χ4n) is 2.70. The molecule has 2 aromatic rings. The lowest BCUT2D eigenvalue weighted by Crippen LogP contribution is -2.27. The van der Waals surface area contributed by atoms with Crippen LogP contribution in [0.4, 0.5) is 0 Å². The number of carbonyl (C=O) groups is 1. The molecule has 7 nitrogen and oxygen atoms in total. The number of carbonyl (C=O) groups excluding carboxylic acids is 1. The van der Waals surface area contributed by atoms with Crippen LogP contribution in [0.25, 0.3) is 0 Å². The van der Waals surface area contributed by atoms with Gasteiger partial charge in [0.15, 0.2) is 0 Å². The summed E-state index contributed by atoms with van der Waals surface area (Å²) in [6.07, 6.45) is 2.38. The fraction of sp³-hybridized carbons (Fsp3) is 0.500. The molecule has 1 aromatic carbocycles. The van der Waals surface area contributed by atoms with E-state index in [-0.39, 0.29) is 17.7 Å². The van der Waals surface area contributed by atoms with E-state index in [1.807, 2.05) is 12.1 Å². The summed E-state index contributed by atoms with van der Waals surface area (Å²) in [5, 5.41) is 16.4. The van der Waals surface area contributed by atoms with Crippen molar-refractivity contribution in [1.82, 2.24) is 25.5 Å². The van der Waals surface area contributed by atoms with Crippen LogP contribution < -0.4 is 5.32 Å². The predicted octanol–water partition coefficient (Wildman–Crippen LogP) is 2.78. The zero-order valence-corrected chi connectivity index (χ0v) is 16.4. The van der Waals surface area contributed by atoms with Gasteiger partial charge in [-0.25, -0.2) is 4.68 Å². The van der Waals surface area contributed by atoms with Crippen LogP contribution in [0, 0.1) is 0 Å². The van der Waals surface area contributed by atoms with Gasteiger partial charge in [-0.3, -0.25) is 4.79 Å². The van der Waals surface area contributed by atoms with Crippen molar-refractivity contribution in [3.8, 4) is 0 Å². The fourth-order valence-corrected chi connectivity index (χ4v) is 3.89. The SMILES string of the molecule is O=C(CSc1nnnn1C1CCOCC1)NCCc1cccc(Cl)c1Cl. The van der Waals surface area contributed by atoms with Crippen molar-refractivity contribution < 1.29 is 9.53 Å². The molecule has 1 aliphatic rings. The van der Waals surface area contributed by atoms with Gasteiger partial charge in [-0.05, 0) is 41.3 Å². The van der Waals surface area contributed by atoms with Crippen LogP contribution in [-0.2, 0) is 16.0 Å². The van der Waals surface area contributed by atoms with Crippen molar-refractivity contribution >= 4 is 40.9 Å². The molecule has 140 valence electrons. The van der Waals surface area contributed by atoms with Crippen LogP contribution in [0.5, 0.6) is 0 Å². The number of amides is 1. The third-order valence-corrected chi connectivity index (χ3v) is 5.87. The largest absolute Gasteiger partial charge is 0.381 e. The number of nitrogens with one attached hydrogen (secondary N) is 1. The van der Waals surface area contributed by atoms with Crippen LogP contribution >= 0.6 is 35.0 Å². The quantitative estimate of drug-likeness (QED) is 0.699. The van der Waals surface area contributed by atoms with Crippen molar-refractivity contribution in [2.24, 2.45) is 0 Å². The van der Waals surface area contributed by atoms with Crippen molar-refractivity contribution in [2.75, 3.05) is 25.5 Å². The monoisotopic (exact) mass is 415 g/mol. The molecule has 0 atom stereocenters. The maximum Gasteiger partial charge on any atom is 0.230 e.